The molecule has 0 atom stereocenters. The third kappa shape index (κ3) is 5.12. The molecule has 2 aromatic rings. The molecule has 0 radical (unpaired) electrons. The summed E-state index contributed by atoms with van der Waals surface area (Å²) in [5.74, 6) is 0.923. The van der Waals surface area contributed by atoms with E-state index >= 15 is 0 Å². The van der Waals surface area contributed by atoms with Crippen LogP contribution in [-0.4, -0.2) is 36.9 Å². The second kappa shape index (κ2) is 9.40. The van der Waals surface area contributed by atoms with Crippen LogP contribution in [0.25, 0.3) is 0 Å². The lowest BCUT2D eigenvalue weighted by Crippen LogP contribution is -2.43. The number of nitrogens with zero attached hydrogens (tertiary/aromatic N) is 1. The molecule has 1 aliphatic rings. The van der Waals surface area contributed by atoms with Crippen LogP contribution in [0.3, 0.4) is 0 Å². The van der Waals surface area contributed by atoms with Crippen molar-refractivity contribution in [2.24, 2.45) is 5.92 Å². The van der Waals surface area contributed by atoms with E-state index in [2.05, 4.69) is 11.4 Å². The molecule has 1 N–H and O–H groups in total. The summed E-state index contributed by atoms with van der Waals surface area (Å²) in [7, 11) is 1.63. The number of ether oxygens (including phenoxy) is 1. The van der Waals surface area contributed by atoms with E-state index in [0.717, 1.165) is 22.4 Å². The normalized spacial score (nSPS) is 14.6. The molecule has 1 aliphatic heterocycles. The Labute approximate surface area is 166 Å². The first-order valence-corrected chi connectivity index (χ1v) is 9.79. The van der Waals surface area contributed by atoms with Crippen molar-refractivity contribution in [3.05, 3.63) is 65.2 Å². The van der Waals surface area contributed by atoms with Gasteiger partial charge in [0, 0.05) is 31.1 Å². The van der Waals surface area contributed by atoms with Gasteiger partial charge in [0.15, 0.2) is 0 Å². The maximum absolute atomic E-state index is 12.5. The lowest BCUT2D eigenvalue weighted by Gasteiger charge is -2.31. The summed E-state index contributed by atoms with van der Waals surface area (Å²) in [4.78, 5) is 27.0. The minimum absolute atomic E-state index is 0.0438. The Morgan fingerprint density at radius 2 is 1.86 bits per heavy atom. The van der Waals surface area contributed by atoms with Gasteiger partial charge in [0.05, 0.1) is 13.5 Å². The van der Waals surface area contributed by atoms with Crippen LogP contribution in [0.4, 0.5) is 0 Å². The highest BCUT2D eigenvalue weighted by Gasteiger charge is 2.27. The van der Waals surface area contributed by atoms with Crippen LogP contribution in [0, 0.1) is 12.8 Å². The molecule has 5 nitrogen and oxygen atoms in total. The summed E-state index contributed by atoms with van der Waals surface area (Å²) >= 11 is 0. The Kier molecular flexibility index (Phi) is 6.69. The summed E-state index contributed by atoms with van der Waals surface area (Å²) in [5, 5.41) is 3.01. The molecule has 5 heteroatoms. The number of carbonyl (C=O) groups is 2. The van der Waals surface area contributed by atoms with Crippen LogP contribution in [0.5, 0.6) is 5.75 Å². The van der Waals surface area contributed by atoms with Gasteiger partial charge < -0.3 is 15.0 Å². The molecule has 1 fully saturated rings. The van der Waals surface area contributed by atoms with E-state index in [1.165, 1.54) is 0 Å². The molecule has 1 heterocycles. The molecule has 0 aliphatic carbocycles. The van der Waals surface area contributed by atoms with E-state index in [-0.39, 0.29) is 17.7 Å². The smallest absolute Gasteiger partial charge is 0.226 e. The van der Waals surface area contributed by atoms with Crippen LogP contribution >= 0.6 is 0 Å². The standard InChI is InChI=1S/C23H28N2O3/c1-17-6-5-7-18(14-17)15-22(26)25-12-10-19(11-13-25)23(27)24-16-20-8-3-4-9-21(20)28-2/h3-9,14,19H,10-13,15-16H2,1-2H3,(H,24,27). The third-order valence-electron chi connectivity index (χ3n) is 5.30. The summed E-state index contributed by atoms with van der Waals surface area (Å²) in [6.45, 7) is 3.76. The number of amides is 2. The number of rotatable bonds is 6. The van der Waals surface area contributed by atoms with Crippen LogP contribution in [0.2, 0.25) is 0 Å². The van der Waals surface area contributed by atoms with E-state index in [1.807, 2.05) is 54.3 Å². The van der Waals surface area contributed by atoms with Crippen molar-refractivity contribution in [1.82, 2.24) is 10.2 Å². The van der Waals surface area contributed by atoms with E-state index in [9.17, 15) is 9.59 Å². The number of piperidine rings is 1. The predicted molar refractivity (Wildman–Crippen MR) is 109 cm³/mol. The highest BCUT2D eigenvalue weighted by Crippen LogP contribution is 2.20. The molecule has 2 amide bonds. The second-order valence-electron chi connectivity index (χ2n) is 7.35. The van der Waals surface area contributed by atoms with Gasteiger partial charge in [-0.3, -0.25) is 9.59 Å². The molecule has 0 spiro atoms. The number of likely N-dealkylation sites (tertiary alicyclic amines) is 1. The number of hydrogen-bond acceptors (Lipinski definition) is 3. The molecule has 28 heavy (non-hydrogen) atoms. The van der Waals surface area contributed by atoms with Crippen molar-refractivity contribution in [3.8, 4) is 5.75 Å². The molecule has 0 saturated carbocycles. The van der Waals surface area contributed by atoms with Gasteiger partial charge in [0.25, 0.3) is 0 Å². The Bertz CT molecular complexity index is 826. The van der Waals surface area contributed by atoms with Gasteiger partial charge in [-0.15, -0.1) is 0 Å². The number of para-hydroxylation sites is 1. The number of benzene rings is 2. The summed E-state index contributed by atoms with van der Waals surface area (Å²) < 4.78 is 5.32. The van der Waals surface area contributed by atoms with Crippen molar-refractivity contribution in [2.45, 2.75) is 32.7 Å². The Morgan fingerprint density at radius 3 is 2.57 bits per heavy atom. The minimum Gasteiger partial charge on any atom is -0.496 e. The van der Waals surface area contributed by atoms with Crippen LogP contribution in [0.1, 0.15) is 29.5 Å². The van der Waals surface area contributed by atoms with Gasteiger partial charge in [0.1, 0.15) is 5.75 Å². The Hall–Kier alpha value is -2.82. The molecular weight excluding hydrogens is 352 g/mol. The zero-order valence-corrected chi connectivity index (χ0v) is 16.6. The zero-order valence-electron chi connectivity index (χ0n) is 16.6. The summed E-state index contributed by atoms with van der Waals surface area (Å²) in [6.07, 6.45) is 1.83. The molecule has 2 aromatic carbocycles. The average molecular weight is 380 g/mol. The molecular formula is C23H28N2O3. The molecule has 0 aromatic heterocycles. The Balaban J connectivity index is 1.46. The zero-order chi connectivity index (χ0) is 19.9. The van der Waals surface area contributed by atoms with Gasteiger partial charge in [0.2, 0.25) is 11.8 Å². The van der Waals surface area contributed by atoms with Gasteiger partial charge in [-0.2, -0.15) is 0 Å². The minimum atomic E-state index is -0.0438. The second-order valence-corrected chi connectivity index (χ2v) is 7.35. The highest BCUT2D eigenvalue weighted by molar-refractivity contribution is 5.81. The molecule has 0 bridgehead atoms. The van der Waals surface area contributed by atoms with Gasteiger partial charge in [-0.25, -0.2) is 0 Å². The van der Waals surface area contributed by atoms with Gasteiger partial charge in [-0.1, -0.05) is 48.0 Å². The van der Waals surface area contributed by atoms with Crippen LogP contribution in [0.15, 0.2) is 48.5 Å². The maximum Gasteiger partial charge on any atom is 0.226 e. The number of methoxy groups -OCH3 is 1. The lowest BCUT2D eigenvalue weighted by molar-refractivity contribution is -0.135. The van der Waals surface area contributed by atoms with Crippen molar-refractivity contribution < 1.29 is 14.3 Å². The first-order chi connectivity index (χ1) is 13.6. The number of hydrogen-bond donors (Lipinski definition) is 1. The fourth-order valence-electron chi connectivity index (χ4n) is 3.68. The van der Waals surface area contributed by atoms with Crippen molar-refractivity contribution in [3.63, 3.8) is 0 Å². The van der Waals surface area contributed by atoms with Gasteiger partial charge >= 0.3 is 0 Å². The molecule has 148 valence electrons. The SMILES string of the molecule is COc1ccccc1CNC(=O)C1CCN(C(=O)Cc2cccc(C)c2)CC1. The molecule has 0 unspecified atom stereocenters. The predicted octanol–water partition coefficient (Wildman–Crippen LogP) is 3.10. The van der Waals surface area contributed by atoms with Crippen LogP contribution in [-0.2, 0) is 22.6 Å². The fourth-order valence-corrected chi connectivity index (χ4v) is 3.68. The number of carbonyl (C=O) groups excluding carboxylic acids is 2. The monoisotopic (exact) mass is 380 g/mol. The summed E-state index contributed by atoms with van der Waals surface area (Å²) in [5.41, 5.74) is 3.17. The average Bonchev–Trinajstić information content (AvgIpc) is 2.72. The molecule has 1 saturated heterocycles. The van der Waals surface area contributed by atoms with Crippen LogP contribution < -0.4 is 10.1 Å². The molecule has 3 rings (SSSR count). The van der Waals surface area contributed by atoms with E-state index in [1.54, 1.807) is 7.11 Å². The van der Waals surface area contributed by atoms with E-state index < -0.39 is 0 Å². The highest BCUT2D eigenvalue weighted by atomic mass is 16.5. The fraction of sp³-hybridized carbons (Fsp3) is 0.391. The largest absolute Gasteiger partial charge is 0.496 e. The lowest BCUT2D eigenvalue weighted by atomic mass is 9.95. The quantitative estimate of drug-likeness (QED) is 0.838. The summed E-state index contributed by atoms with van der Waals surface area (Å²) in [6, 6.07) is 15.7. The first-order valence-electron chi connectivity index (χ1n) is 9.79. The van der Waals surface area contributed by atoms with Gasteiger partial charge in [-0.05, 0) is 31.4 Å². The topological polar surface area (TPSA) is 58.6 Å². The Morgan fingerprint density at radius 1 is 1.11 bits per heavy atom. The maximum atomic E-state index is 12.5. The van der Waals surface area contributed by atoms with E-state index in [0.29, 0.717) is 38.9 Å². The third-order valence-corrected chi connectivity index (χ3v) is 5.30. The van der Waals surface area contributed by atoms with Crippen molar-refractivity contribution >= 4 is 11.8 Å². The van der Waals surface area contributed by atoms with Crippen molar-refractivity contribution in [2.75, 3.05) is 20.2 Å². The van der Waals surface area contributed by atoms with E-state index in [4.69, 9.17) is 4.74 Å². The number of aryl methyl sites for hydroxylation is 1. The van der Waals surface area contributed by atoms with Crippen molar-refractivity contribution in [1.29, 1.82) is 0 Å². The first kappa shape index (κ1) is 19.9. The number of nitrogens with one attached hydrogen (secondary N) is 1.